The minimum absolute atomic E-state index is 0. The molecule has 1 amide bonds. The zero-order chi connectivity index (χ0) is 18.9. The Morgan fingerprint density at radius 3 is 2.65 bits per heavy atom. The minimum Gasteiger partial charge on any atom is -0.373 e. The molecule has 26 heavy (non-hydrogen) atoms. The zero-order valence-electron chi connectivity index (χ0n) is 16.6. The SMILES string of the molecule is CCc1cc(C)nc2c(C(=O)NC3CCC(OC(C)(C)C)CC3)ccn12.[HH]. The smallest absolute Gasteiger partial charge is 0.255 e. The van der Waals surface area contributed by atoms with E-state index in [1.165, 1.54) is 5.69 Å². The molecule has 1 fully saturated rings. The predicted molar refractivity (Wildman–Crippen MR) is 106 cm³/mol. The third-order valence-corrected chi connectivity index (χ3v) is 4.96. The molecule has 0 saturated heterocycles. The highest BCUT2D eigenvalue weighted by Crippen LogP contribution is 2.25. The maximum atomic E-state index is 12.8. The molecular weight excluding hydrogens is 326 g/mol. The number of ether oxygens (including phenoxy) is 1. The van der Waals surface area contributed by atoms with Crippen molar-refractivity contribution in [2.45, 2.75) is 84.5 Å². The summed E-state index contributed by atoms with van der Waals surface area (Å²) in [5, 5.41) is 3.21. The number of carbonyl (C=O) groups is 1. The number of carbonyl (C=O) groups excluding carboxylic acids is 1. The van der Waals surface area contributed by atoms with E-state index >= 15 is 0 Å². The quantitative estimate of drug-likeness (QED) is 0.885. The molecule has 5 nitrogen and oxygen atoms in total. The van der Waals surface area contributed by atoms with Gasteiger partial charge in [0.15, 0.2) is 0 Å². The highest BCUT2D eigenvalue weighted by atomic mass is 16.5. The van der Waals surface area contributed by atoms with Crippen LogP contribution >= 0.6 is 0 Å². The molecule has 0 spiro atoms. The van der Waals surface area contributed by atoms with E-state index in [2.05, 4.69) is 44.1 Å². The van der Waals surface area contributed by atoms with E-state index in [9.17, 15) is 4.79 Å². The number of aryl methyl sites for hydroxylation is 2. The van der Waals surface area contributed by atoms with Gasteiger partial charge in [0.05, 0.1) is 17.3 Å². The summed E-state index contributed by atoms with van der Waals surface area (Å²) in [4.78, 5) is 17.4. The van der Waals surface area contributed by atoms with Crippen molar-refractivity contribution in [3.05, 3.63) is 35.3 Å². The van der Waals surface area contributed by atoms with E-state index in [-0.39, 0.29) is 19.0 Å². The first-order valence-corrected chi connectivity index (χ1v) is 9.73. The van der Waals surface area contributed by atoms with Crippen LogP contribution in [0.15, 0.2) is 18.3 Å². The molecule has 0 aromatic carbocycles. The summed E-state index contributed by atoms with van der Waals surface area (Å²) in [7, 11) is 0. The fourth-order valence-electron chi connectivity index (χ4n) is 3.82. The van der Waals surface area contributed by atoms with Gasteiger partial charge in [0.25, 0.3) is 5.91 Å². The fourth-order valence-corrected chi connectivity index (χ4v) is 3.82. The molecule has 2 aromatic rings. The van der Waals surface area contributed by atoms with Crippen molar-refractivity contribution in [3.8, 4) is 0 Å². The normalized spacial score (nSPS) is 21.1. The molecule has 2 aromatic heterocycles. The van der Waals surface area contributed by atoms with Crippen molar-refractivity contribution in [1.29, 1.82) is 0 Å². The number of hydrogen-bond acceptors (Lipinski definition) is 3. The van der Waals surface area contributed by atoms with Crippen LogP contribution in [0.4, 0.5) is 0 Å². The first-order chi connectivity index (χ1) is 12.3. The van der Waals surface area contributed by atoms with Gasteiger partial charge in [-0.05, 0) is 71.9 Å². The van der Waals surface area contributed by atoms with Crippen LogP contribution in [-0.2, 0) is 11.2 Å². The highest BCUT2D eigenvalue weighted by molar-refractivity contribution is 6.00. The topological polar surface area (TPSA) is 55.6 Å². The second-order valence-electron chi connectivity index (χ2n) is 8.34. The molecule has 1 N–H and O–H groups in total. The maximum absolute atomic E-state index is 12.8. The third-order valence-electron chi connectivity index (χ3n) is 4.96. The van der Waals surface area contributed by atoms with Crippen LogP contribution < -0.4 is 5.32 Å². The number of nitrogens with one attached hydrogen (secondary N) is 1. The van der Waals surface area contributed by atoms with E-state index < -0.39 is 0 Å². The van der Waals surface area contributed by atoms with Gasteiger partial charge in [0.2, 0.25) is 0 Å². The molecule has 0 atom stereocenters. The van der Waals surface area contributed by atoms with Gasteiger partial charge >= 0.3 is 0 Å². The van der Waals surface area contributed by atoms with E-state index in [1.807, 2.05) is 23.6 Å². The molecule has 0 bridgehead atoms. The summed E-state index contributed by atoms with van der Waals surface area (Å²) in [6, 6.07) is 4.17. The molecule has 0 unspecified atom stereocenters. The summed E-state index contributed by atoms with van der Waals surface area (Å²) < 4.78 is 8.10. The molecule has 1 saturated carbocycles. The Kier molecular flexibility index (Phi) is 5.37. The largest absolute Gasteiger partial charge is 0.373 e. The molecule has 2 heterocycles. The monoisotopic (exact) mass is 359 g/mol. The summed E-state index contributed by atoms with van der Waals surface area (Å²) >= 11 is 0. The number of nitrogens with zero attached hydrogens (tertiary/aromatic N) is 2. The van der Waals surface area contributed by atoms with Gasteiger partial charge in [0.1, 0.15) is 5.65 Å². The van der Waals surface area contributed by atoms with Crippen LogP contribution in [0.2, 0.25) is 0 Å². The van der Waals surface area contributed by atoms with Gasteiger partial charge in [-0.15, -0.1) is 0 Å². The Morgan fingerprint density at radius 1 is 1.35 bits per heavy atom. The standard InChI is InChI=1S/C21H31N3O2.H2/c1-6-16-13-14(2)22-19-18(11-12-24(16)19)20(25)23-15-7-9-17(10-8-15)26-21(3,4)5;/h11-13,15,17H,6-10H2,1-5H3,(H,23,25);1H. The zero-order valence-corrected chi connectivity index (χ0v) is 16.6. The predicted octanol–water partition coefficient (Wildman–Crippen LogP) is 4.31. The van der Waals surface area contributed by atoms with Crippen LogP contribution in [0.5, 0.6) is 0 Å². The summed E-state index contributed by atoms with van der Waals surface area (Å²) in [6.45, 7) is 10.4. The van der Waals surface area contributed by atoms with Gasteiger partial charge in [-0.25, -0.2) is 4.98 Å². The second-order valence-corrected chi connectivity index (χ2v) is 8.34. The lowest BCUT2D eigenvalue weighted by Gasteiger charge is -2.33. The van der Waals surface area contributed by atoms with Crippen LogP contribution in [-0.4, -0.2) is 33.0 Å². The lowest BCUT2D eigenvalue weighted by Crippen LogP contribution is -2.40. The van der Waals surface area contributed by atoms with Crippen molar-refractivity contribution in [2.75, 3.05) is 0 Å². The number of rotatable bonds is 4. The molecule has 5 heteroatoms. The van der Waals surface area contributed by atoms with Crippen LogP contribution in [0.1, 0.15) is 76.6 Å². The average Bonchev–Trinajstić information content (AvgIpc) is 2.98. The molecule has 1 aliphatic carbocycles. The van der Waals surface area contributed by atoms with Crippen molar-refractivity contribution < 1.29 is 11.0 Å². The van der Waals surface area contributed by atoms with Crippen LogP contribution in [0.25, 0.3) is 5.65 Å². The fraction of sp³-hybridized carbons (Fsp3) is 0.619. The lowest BCUT2D eigenvalue weighted by atomic mass is 9.92. The number of hydrogen-bond donors (Lipinski definition) is 1. The molecule has 0 radical (unpaired) electrons. The Bertz CT molecular complexity index is 787. The van der Waals surface area contributed by atoms with Crippen molar-refractivity contribution in [2.24, 2.45) is 0 Å². The number of amides is 1. The average molecular weight is 360 g/mol. The summed E-state index contributed by atoms with van der Waals surface area (Å²) in [5.41, 5.74) is 3.43. The Balaban J connectivity index is 0.00000261. The minimum atomic E-state index is -0.104. The van der Waals surface area contributed by atoms with Crippen LogP contribution in [0.3, 0.4) is 0 Å². The first kappa shape index (κ1) is 18.9. The maximum Gasteiger partial charge on any atom is 0.255 e. The summed E-state index contributed by atoms with van der Waals surface area (Å²) in [5.74, 6) is -0.0205. The number of fused-ring (bicyclic) bond motifs is 1. The first-order valence-electron chi connectivity index (χ1n) is 9.73. The van der Waals surface area contributed by atoms with Gasteiger partial charge < -0.3 is 14.5 Å². The third kappa shape index (κ3) is 4.26. The van der Waals surface area contributed by atoms with Gasteiger partial charge in [-0.3, -0.25) is 4.79 Å². The van der Waals surface area contributed by atoms with Gasteiger partial charge in [0, 0.05) is 25.1 Å². The molecule has 3 rings (SSSR count). The molecule has 144 valence electrons. The van der Waals surface area contributed by atoms with Crippen molar-refractivity contribution >= 4 is 11.6 Å². The molecule has 1 aliphatic rings. The molecular formula is C21H33N3O2. The van der Waals surface area contributed by atoms with Crippen molar-refractivity contribution in [1.82, 2.24) is 14.7 Å². The summed E-state index contributed by atoms with van der Waals surface area (Å²) in [6.07, 6.45) is 7.08. The van der Waals surface area contributed by atoms with E-state index in [0.717, 1.165) is 43.4 Å². The Morgan fingerprint density at radius 2 is 2.04 bits per heavy atom. The highest BCUT2D eigenvalue weighted by Gasteiger charge is 2.27. The van der Waals surface area contributed by atoms with Crippen LogP contribution in [0, 0.1) is 6.92 Å². The van der Waals surface area contributed by atoms with Gasteiger partial charge in [-0.2, -0.15) is 0 Å². The Hall–Kier alpha value is -1.88. The lowest BCUT2D eigenvalue weighted by molar-refractivity contribution is -0.0757. The van der Waals surface area contributed by atoms with E-state index in [4.69, 9.17) is 4.74 Å². The van der Waals surface area contributed by atoms with Gasteiger partial charge in [-0.1, -0.05) is 6.92 Å². The Labute approximate surface area is 157 Å². The van der Waals surface area contributed by atoms with E-state index in [1.54, 1.807) is 0 Å². The van der Waals surface area contributed by atoms with E-state index in [0.29, 0.717) is 11.7 Å². The number of aromatic nitrogens is 2. The molecule has 0 aliphatic heterocycles. The second kappa shape index (κ2) is 7.39. The van der Waals surface area contributed by atoms with Crippen molar-refractivity contribution in [3.63, 3.8) is 0 Å².